The molecule has 0 amide bonds. The number of aromatic nitrogens is 2. The molecule has 118 valence electrons. The van der Waals surface area contributed by atoms with E-state index in [1.54, 1.807) is 0 Å². The second kappa shape index (κ2) is 4.85. The summed E-state index contributed by atoms with van der Waals surface area (Å²) in [5, 5.41) is 3.77. The van der Waals surface area contributed by atoms with Crippen LogP contribution in [0, 0.1) is 13.8 Å². The van der Waals surface area contributed by atoms with E-state index in [0.29, 0.717) is 0 Å². The summed E-state index contributed by atoms with van der Waals surface area (Å²) in [6.07, 6.45) is 2.18. The maximum Gasteiger partial charge on any atom is 0.145 e. The van der Waals surface area contributed by atoms with Gasteiger partial charge in [-0.3, -0.25) is 0 Å². The first kappa shape index (κ1) is 14.3. The lowest BCUT2D eigenvalue weighted by Gasteiger charge is -2.39. The van der Waals surface area contributed by atoms with Gasteiger partial charge in [-0.1, -0.05) is 25.5 Å². The Morgan fingerprint density at radius 3 is 2.65 bits per heavy atom. The largest absolute Gasteiger partial charge is 0.362 e. The second-order valence-electron chi connectivity index (χ2n) is 6.89. The molecule has 0 fully saturated rings. The number of hydrogen-bond donors (Lipinski definition) is 1. The molecule has 3 nitrogen and oxygen atoms in total. The SMILES string of the molecule is CCCC1(C)Nc2ccccc2-c2nc3cc(C)c(C)cc3n21. The van der Waals surface area contributed by atoms with Crippen molar-refractivity contribution in [1.29, 1.82) is 0 Å². The highest BCUT2D eigenvalue weighted by Gasteiger charge is 2.35. The Morgan fingerprint density at radius 1 is 1.13 bits per heavy atom. The number of nitrogens with one attached hydrogen (secondary N) is 1. The lowest BCUT2D eigenvalue weighted by molar-refractivity contribution is 0.346. The minimum Gasteiger partial charge on any atom is -0.362 e. The van der Waals surface area contributed by atoms with Gasteiger partial charge in [-0.05, 0) is 62.6 Å². The van der Waals surface area contributed by atoms with Crippen molar-refractivity contribution in [2.45, 2.75) is 46.2 Å². The van der Waals surface area contributed by atoms with Crippen molar-refractivity contribution in [2.75, 3.05) is 5.32 Å². The van der Waals surface area contributed by atoms with Gasteiger partial charge < -0.3 is 9.88 Å². The molecule has 3 heteroatoms. The van der Waals surface area contributed by atoms with Crippen molar-refractivity contribution >= 4 is 16.7 Å². The van der Waals surface area contributed by atoms with E-state index in [1.165, 1.54) is 27.9 Å². The third-order valence-electron chi connectivity index (χ3n) is 5.07. The molecule has 0 aliphatic carbocycles. The van der Waals surface area contributed by atoms with Crippen molar-refractivity contribution in [3.8, 4) is 11.4 Å². The van der Waals surface area contributed by atoms with Gasteiger partial charge in [0, 0.05) is 11.3 Å². The molecule has 1 aliphatic rings. The molecule has 0 saturated carbocycles. The number of nitrogens with zero attached hydrogens (tertiary/aromatic N) is 2. The molecule has 2 aromatic carbocycles. The van der Waals surface area contributed by atoms with Crippen LogP contribution in [0.15, 0.2) is 36.4 Å². The van der Waals surface area contributed by atoms with Gasteiger partial charge in [-0.2, -0.15) is 0 Å². The van der Waals surface area contributed by atoms with E-state index in [4.69, 9.17) is 4.98 Å². The zero-order valence-corrected chi connectivity index (χ0v) is 14.3. The monoisotopic (exact) mass is 305 g/mol. The third kappa shape index (κ3) is 1.99. The van der Waals surface area contributed by atoms with Gasteiger partial charge in [0.2, 0.25) is 0 Å². The van der Waals surface area contributed by atoms with Gasteiger partial charge in [0.05, 0.1) is 11.0 Å². The van der Waals surface area contributed by atoms with E-state index in [9.17, 15) is 0 Å². The minimum atomic E-state index is -0.144. The van der Waals surface area contributed by atoms with Crippen LogP contribution in [0.5, 0.6) is 0 Å². The van der Waals surface area contributed by atoms with Crippen LogP contribution in [0.25, 0.3) is 22.4 Å². The van der Waals surface area contributed by atoms with Crippen molar-refractivity contribution in [3.05, 3.63) is 47.5 Å². The van der Waals surface area contributed by atoms with Crippen LogP contribution in [-0.4, -0.2) is 9.55 Å². The highest BCUT2D eigenvalue weighted by Crippen LogP contribution is 2.42. The molecule has 1 aromatic heterocycles. The van der Waals surface area contributed by atoms with Crippen molar-refractivity contribution in [1.82, 2.24) is 9.55 Å². The van der Waals surface area contributed by atoms with Crippen molar-refractivity contribution < 1.29 is 0 Å². The molecular weight excluding hydrogens is 282 g/mol. The van der Waals surface area contributed by atoms with Crippen LogP contribution < -0.4 is 5.32 Å². The van der Waals surface area contributed by atoms with E-state index in [2.05, 4.69) is 74.0 Å². The number of fused-ring (bicyclic) bond motifs is 5. The lowest BCUT2D eigenvalue weighted by Crippen LogP contribution is -2.41. The van der Waals surface area contributed by atoms with Gasteiger partial charge in [-0.25, -0.2) is 4.98 Å². The second-order valence-corrected chi connectivity index (χ2v) is 6.89. The smallest absolute Gasteiger partial charge is 0.145 e. The van der Waals surface area contributed by atoms with Gasteiger partial charge in [0.1, 0.15) is 11.5 Å². The molecule has 2 heterocycles. The molecule has 0 bridgehead atoms. The standard InChI is InChI=1S/C20H23N3/c1-5-10-20(4)22-16-9-7-6-8-15(16)19-21-17-11-13(2)14(3)12-18(17)23(19)20/h6-9,11-12,22H,5,10H2,1-4H3. The van der Waals surface area contributed by atoms with Crippen LogP contribution >= 0.6 is 0 Å². The number of aryl methyl sites for hydroxylation is 2. The first-order valence-corrected chi connectivity index (χ1v) is 8.41. The minimum absolute atomic E-state index is 0.144. The normalized spacial score (nSPS) is 19.3. The Kier molecular flexibility index (Phi) is 3.02. The fraction of sp³-hybridized carbons (Fsp3) is 0.350. The topological polar surface area (TPSA) is 29.9 Å². The highest BCUT2D eigenvalue weighted by molar-refractivity contribution is 5.87. The van der Waals surface area contributed by atoms with Gasteiger partial charge in [0.25, 0.3) is 0 Å². The summed E-state index contributed by atoms with van der Waals surface area (Å²) in [4.78, 5) is 5.00. The molecule has 0 radical (unpaired) electrons. The fourth-order valence-corrected chi connectivity index (χ4v) is 3.81. The number of rotatable bonds is 2. The van der Waals surface area contributed by atoms with Crippen LogP contribution in [0.3, 0.4) is 0 Å². The summed E-state index contributed by atoms with van der Waals surface area (Å²) in [6.45, 7) is 8.86. The van der Waals surface area contributed by atoms with Crippen LogP contribution in [0.2, 0.25) is 0 Å². The van der Waals surface area contributed by atoms with Gasteiger partial charge >= 0.3 is 0 Å². The van der Waals surface area contributed by atoms with Crippen LogP contribution in [-0.2, 0) is 5.66 Å². The molecule has 4 rings (SSSR count). The molecule has 23 heavy (non-hydrogen) atoms. The average Bonchev–Trinajstić information content (AvgIpc) is 2.87. The molecule has 3 aromatic rings. The number of benzene rings is 2. The van der Waals surface area contributed by atoms with Gasteiger partial charge in [-0.15, -0.1) is 0 Å². The summed E-state index contributed by atoms with van der Waals surface area (Å²) in [7, 11) is 0. The van der Waals surface area contributed by atoms with E-state index in [-0.39, 0.29) is 5.66 Å². The lowest BCUT2D eigenvalue weighted by atomic mass is 9.99. The third-order valence-corrected chi connectivity index (χ3v) is 5.07. The quantitative estimate of drug-likeness (QED) is 0.703. The summed E-state index contributed by atoms with van der Waals surface area (Å²) < 4.78 is 2.40. The Balaban J connectivity index is 2.10. The highest BCUT2D eigenvalue weighted by atomic mass is 15.3. The van der Waals surface area contributed by atoms with E-state index in [0.717, 1.165) is 24.2 Å². The van der Waals surface area contributed by atoms with Crippen molar-refractivity contribution in [2.24, 2.45) is 0 Å². The molecule has 1 aliphatic heterocycles. The van der Waals surface area contributed by atoms with Gasteiger partial charge in [0.15, 0.2) is 0 Å². The average molecular weight is 305 g/mol. The summed E-state index contributed by atoms with van der Waals surface area (Å²) in [5.41, 5.74) is 7.15. The molecule has 1 atom stereocenters. The first-order valence-electron chi connectivity index (χ1n) is 8.41. The van der Waals surface area contributed by atoms with E-state index < -0.39 is 0 Å². The molecule has 0 spiro atoms. The predicted molar refractivity (Wildman–Crippen MR) is 96.8 cm³/mol. The Hall–Kier alpha value is -2.29. The Labute approximate surface area is 137 Å². The van der Waals surface area contributed by atoms with E-state index in [1.807, 2.05) is 0 Å². The summed E-state index contributed by atoms with van der Waals surface area (Å²) in [6, 6.07) is 13.0. The molecular formula is C20H23N3. The molecule has 1 N–H and O–H groups in total. The molecule has 0 saturated heterocycles. The maximum absolute atomic E-state index is 5.00. The Morgan fingerprint density at radius 2 is 1.87 bits per heavy atom. The number of anilines is 1. The summed E-state index contributed by atoms with van der Waals surface area (Å²) in [5.74, 6) is 1.08. The van der Waals surface area contributed by atoms with Crippen LogP contribution in [0.4, 0.5) is 5.69 Å². The zero-order chi connectivity index (χ0) is 16.2. The van der Waals surface area contributed by atoms with E-state index >= 15 is 0 Å². The summed E-state index contributed by atoms with van der Waals surface area (Å²) >= 11 is 0. The Bertz CT molecular complexity index is 907. The molecule has 1 unspecified atom stereocenters. The first-order chi connectivity index (χ1) is 11.0. The zero-order valence-electron chi connectivity index (χ0n) is 14.3. The maximum atomic E-state index is 5.00. The van der Waals surface area contributed by atoms with Crippen molar-refractivity contribution in [3.63, 3.8) is 0 Å². The fourth-order valence-electron chi connectivity index (χ4n) is 3.81. The van der Waals surface area contributed by atoms with Crippen LogP contribution in [0.1, 0.15) is 37.8 Å². The predicted octanol–water partition coefficient (Wildman–Crippen LogP) is 5.22. The number of imidazole rings is 1. The number of hydrogen-bond acceptors (Lipinski definition) is 2. The number of para-hydroxylation sites is 1.